The third kappa shape index (κ3) is 4.25. The van der Waals surface area contributed by atoms with Gasteiger partial charge >= 0.3 is 5.97 Å². The minimum absolute atomic E-state index is 0.191. The lowest BCUT2D eigenvalue weighted by Gasteiger charge is -2.13. The largest absolute Gasteiger partial charge is 0.373 e. The Morgan fingerprint density at radius 1 is 0.955 bits per heavy atom. The van der Waals surface area contributed by atoms with E-state index in [1.807, 2.05) is 30.3 Å². The molecule has 0 spiro atoms. The average molecular weight is 299 g/mol. The molecule has 0 heterocycles. The molecule has 22 heavy (non-hydrogen) atoms. The first-order valence-corrected chi connectivity index (χ1v) is 6.82. The molecule has 0 aliphatic carbocycles. The molecule has 2 aromatic carbocycles. The molecule has 0 saturated heterocycles. The molecule has 0 radical (unpaired) electrons. The summed E-state index contributed by atoms with van der Waals surface area (Å²) in [6.45, 7) is 0.106. The van der Waals surface area contributed by atoms with Crippen LogP contribution in [0.1, 0.15) is 17.0 Å². The van der Waals surface area contributed by atoms with Crippen LogP contribution < -0.4 is 5.90 Å². The van der Waals surface area contributed by atoms with Gasteiger partial charge in [-0.3, -0.25) is 4.79 Å². The second-order valence-electron chi connectivity index (χ2n) is 4.73. The first kappa shape index (κ1) is 15.9. The molecule has 0 amide bonds. The average Bonchev–Trinajstić information content (AvgIpc) is 2.57. The van der Waals surface area contributed by atoms with Crippen molar-refractivity contribution in [3.05, 3.63) is 71.8 Å². The number of hydrogen-bond acceptors (Lipinski definition) is 5. The van der Waals surface area contributed by atoms with Crippen LogP contribution in [0.15, 0.2) is 60.7 Å². The van der Waals surface area contributed by atoms with Gasteiger partial charge in [0.1, 0.15) is 12.5 Å². The van der Waals surface area contributed by atoms with Gasteiger partial charge in [0, 0.05) is 0 Å². The van der Waals surface area contributed by atoms with Crippen molar-refractivity contribution in [2.45, 2.75) is 12.5 Å². The summed E-state index contributed by atoms with van der Waals surface area (Å²) in [5.74, 6) is 2.67. The van der Waals surface area contributed by atoms with E-state index in [0.717, 1.165) is 5.56 Å². The van der Waals surface area contributed by atoms with Crippen molar-refractivity contribution in [1.82, 2.24) is 0 Å². The number of carbonyl (C=O) groups is 2. The minimum atomic E-state index is -1.07. The van der Waals surface area contributed by atoms with E-state index in [0.29, 0.717) is 12.2 Å². The van der Waals surface area contributed by atoms with Gasteiger partial charge < -0.3 is 9.57 Å². The Morgan fingerprint density at radius 3 is 2.14 bits per heavy atom. The van der Waals surface area contributed by atoms with Crippen molar-refractivity contribution in [1.29, 1.82) is 0 Å². The van der Waals surface area contributed by atoms with Crippen molar-refractivity contribution in [2.24, 2.45) is 5.90 Å². The summed E-state index contributed by atoms with van der Waals surface area (Å²) in [6, 6.07) is 18.1. The Morgan fingerprint density at radius 2 is 1.55 bits per heavy atom. The molecule has 2 aromatic rings. The van der Waals surface area contributed by atoms with E-state index in [4.69, 9.17) is 10.6 Å². The number of nitrogens with two attached hydrogens (primary N) is 1. The van der Waals surface area contributed by atoms with E-state index >= 15 is 0 Å². The van der Waals surface area contributed by atoms with E-state index in [1.165, 1.54) is 0 Å². The number of carbonyl (C=O) groups excluding carboxylic acids is 2. The molecule has 0 aliphatic heterocycles. The molecule has 0 bridgehead atoms. The molecule has 0 aliphatic rings. The molecule has 114 valence electrons. The van der Waals surface area contributed by atoms with Gasteiger partial charge in [0.15, 0.2) is 5.78 Å². The maximum absolute atomic E-state index is 12.3. The second kappa shape index (κ2) is 8.07. The topological polar surface area (TPSA) is 78.6 Å². The monoisotopic (exact) mass is 299 g/mol. The third-order valence-corrected chi connectivity index (χ3v) is 3.16. The molecule has 5 heteroatoms. The van der Waals surface area contributed by atoms with Crippen LogP contribution in [0.4, 0.5) is 0 Å². The Kier molecular flexibility index (Phi) is 5.82. The Balaban J connectivity index is 1.99. The summed E-state index contributed by atoms with van der Waals surface area (Å²) in [7, 11) is 0. The maximum atomic E-state index is 12.3. The summed E-state index contributed by atoms with van der Waals surface area (Å²) in [5.41, 5.74) is 1.49. The van der Waals surface area contributed by atoms with Gasteiger partial charge in [-0.05, 0) is 11.1 Å². The van der Waals surface area contributed by atoms with Gasteiger partial charge in [-0.2, -0.15) is 5.90 Å². The lowest BCUT2D eigenvalue weighted by atomic mass is 9.95. The molecule has 1 atom stereocenters. The van der Waals surface area contributed by atoms with Crippen LogP contribution in [0.5, 0.6) is 0 Å². The van der Waals surface area contributed by atoms with Crippen LogP contribution in [-0.4, -0.2) is 18.4 Å². The molecule has 0 saturated carbocycles. The number of ether oxygens (including phenoxy) is 1. The quantitative estimate of drug-likeness (QED) is 0.624. The number of Topliss-reactive ketones (excluding diaryl/α,β-unsaturated/α-hetero) is 1. The molecule has 2 N–H and O–H groups in total. The molecule has 0 fully saturated rings. The van der Waals surface area contributed by atoms with Crippen LogP contribution in [-0.2, 0) is 25.8 Å². The van der Waals surface area contributed by atoms with E-state index in [1.54, 1.807) is 30.3 Å². The summed E-state index contributed by atoms with van der Waals surface area (Å²) < 4.78 is 5.38. The van der Waals surface area contributed by atoms with Crippen molar-refractivity contribution in [3.8, 4) is 0 Å². The van der Waals surface area contributed by atoms with E-state index in [9.17, 15) is 9.59 Å². The zero-order chi connectivity index (χ0) is 15.8. The van der Waals surface area contributed by atoms with Crippen LogP contribution >= 0.6 is 0 Å². The fourth-order valence-corrected chi connectivity index (χ4v) is 2.09. The van der Waals surface area contributed by atoms with Crippen molar-refractivity contribution >= 4 is 11.8 Å². The van der Waals surface area contributed by atoms with Crippen molar-refractivity contribution < 1.29 is 19.2 Å². The van der Waals surface area contributed by atoms with Gasteiger partial charge in [-0.1, -0.05) is 60.7 Å². The summed E-state index contributed by atoms with van der Waals surface area (Å²) in [6.07, 6.45) is 0. The van der Waals surface area contributed by atoms with Crippen LogP contribution in [0.25, 0.3) is 0 Å². The fourth-order valence-electron chi connectivity index (χ4n) is 2.09. The Labute approximate surface area is 128 Å². The molecular weight excluding hydrogens is 282 g/mol. The van der Waals surface area contributed by atoms with Crippen molar-refractivity contribution in [2.75, 3.05) is 6.61 Å². The van der Waals surface area contributed by atoms with Gasteiger partial charge in [-0.15, -0.1) is 0 Å². The summed E-state index contributed by atoms with van der Waals surface area (Å²) >= 11 is 0. The molecule has 0 aromatic heterocycles. The summed E-state index contributed by atoms with van der Waals surface area (Å²) in [5, 5.41) is 0. The summed E-state index contributed by atoms with van der Waals surface area (Å²) in [4.78, 5) is 28.3. The van der Waals surface area contributed by atoms with E-state index in [2.05, 4.69) is 4.84 Å². The normalized spacial score (nSPS) is 11.7. The number of ketones is 1. The number of rotatable bonds is 7. The van der Waals surface area contributed by atoms with Crippen LogP contribution in [0, 0.1) is 0 Å². The maximum Gasteiger partial charge on any atom is 0.339 e. The van der Waals surface area contributed by atoms with Gasteiger partial charge in [-0.25, -0.2) is 4.79 Å². The van der Waals surface area contributed by atoms with Crippen LogP contribution in [0.2, 0.25) is 0 Å². The minimum Gasteiger partial charge on any atom is -0.373 e. The Bertz CT molecular complexity index is 613. The highest BCUT2D eigenvalue weighted by Crippen LogP contribution is 2.18. The standard InChI is InChI=1S/C17H17NO4/c18-22-17(20)16(14-9-5-2-6-10-14)15(19)12-21-11-13-7-3-1-4-8-13/h1-10,16H,11-12,18H2. The van der Waals surface area contributed by atoms with Gasteiger partial charge in [0.05, 0.1) is 6.61 Å². The zero-order valence-corrected chi connectivity index (χ0v) is 12.0. The SMILES string of the molecule is NOC(=O)C(C(=O)COCc1ccccc1)c1ccccc1. The highest BCUT2D eigenvalue weighted by Gasteiger charge is 2.29. The predicted octanol–water partition coefficient (Wildman–Crippen LogP) is 1.97. The van der Waals surface area contributed by atoms with Gasteiger partial charge in [0.25, 0.3) is 0 Å². The Hall–Kier alpha value is -2.50. The molecule has 2 rings (SSSR count). The van der Waals surface area contributed by atoms with E-state index < -0.39 is 17.7 Å². The lowest BCUT2D eigenvalue weighted by Crippen LogP contribution is -2.29. The highest BCUT2D eigenvalue weighted by molar-refractivity contribution is 6.05. The lowest BCUT2D eigenvalue weighted by molar-refractivity contribution is -0.150. The predicted molar refractivity (Wildman–Crippen MR) is 80.6 cm³/mol. The van der Waals surface area contributed by atoms with Gasteiger partial charge in [0.2, 0.25) is 0 Å². The first-order chi connectivity index (χ1) is 10.7. The van der Waals surface area contributed by atoms with Crippen molar-refractivity contribution in [3.63, 3.8) is 0 Å². The first-order valence-electron chi connectivity index (χ1n) is 6.82. The smallest absolute Gasteiger partial charge is 0.339 e. The fraction of sp³-hybridized carbons (Fsp3) is 0.176. The number of hydrogen-bond donors (Lipinski definition) is 1. The zero-order valence-electron chi connectivity index (χ0n) is 12.0. The molecule has 1 unspecified atom stereocenters. The second-order valence-corrected chi connectivity index (χ2v) is 4.73. The van der Waals surface area contributed by atoms with E-state index in [-0.39, 0.29) is 6.61 Å². The molecular formula is C17H17NO4. The number of benzene rings is 2. The van der Waals surface area contributed by atoms with Crippen LogP contribution in [0.3, 0.4) is 0 Å². The highest BCUT2D eigenvalue weighted by atomic mass is 16.7. The third-order valence-electron chi connectivity index (χ3n) is 3.16. The molecule has 5 nitrogen and oxygen atoms in total.